The van der Waals surface area contributed by atoms with Gasteiger partial charge >= 0.3 is 12.1 Å². The summed E-state index contributed by atoms with van der Waals surface area (Å²) in [5.74, 6) is 0.403. The van der Waals surface area contributed by atoms with Crippen molar-refractivity contribution in [2.75, 3.05) is 37.9 Å². The first-order valence-electron chi connectivity index (χ1n) is 12.7. The number of aromatic nitrogens is 2. The molecule has 0 bridgehead atoms. The third-order valence-electron chi connectivity index (χ3n) is 5.87. The lowest BCUT2D eigenvalue weighted by Gasteiger charge is -2.41. The van der Waals surface area contributed by atoms with E-state index < -0.39 is 23.7 Å². The van der Waals surface area contributed by atoms with Gasteiger partial charge in [0, 0.05) is 25.8 Å². The number of nitrogens with one attached hydrogen (secondary N) is 1. The number of rotatable bonds is 9. The molecule has 0 aromatic carbocycles. The van der Waals surface area contributed by atoms with Crippen LogP contribution in [0.3, 0.4) is 0 Å². The summed E-state index contributed by atoms with van der Waals surface area (Å²) in [6.45, 7) is 13.6. The first kappa shape index (κ1) is 31.1. The summed E-state index contributed by atoms with van der Waals surface area (Å²) in [5.41, 5.74) is 1.43. The minimum absolute atomic E-state index is 0.0402. The number of hydrogen-bond acceptors (Lipinski definition) is 11. The van der Waals surface area contributed by atoms with Gasteiger partial charge in [-0.1, -0.05) is 0 Å². The van der Waals surface area contributed by atoms with E-state index in [1.165, 1.54) is 30.0 Å². The molecule has 0 saturated carbocycles. The lowest BCUT2D eigenvalue weighted by atomic mass is 10.1. The highest BCUT2D eigenvalue weighted by Crippen LogP contribution is 2.28. The van der Waals surface area contributed by atoms with E-state index in [9.17, 15) is 14.4 Å². The van der Waals surface area contributed by atoms with E-state index in [1.807, 2.05) is 19.3 Å². The van der Waals surface area contributed by atoms with Crippen molar-refractivity contribution in [3.63, 3.8) is 0 Å². The van der Waals surface area contributed by atoms with Crippen molar-refractivity contribution in [3.05, 3.63) is 44.9 Å². The Balaban J connectivity index is 1.61. The van der Waals surface area contributed by atoms with Gasteiger partial charge in [0.1, 0.15) is 11.4 Å². The second kappa shape index (κ2) is 13.8. The molecule has 1 N–H and O–H groups in total. The van der Waals surface area contributed by atoms with Gasteiger partial charge < -0.3 is 24.6 Å². The summed E-state index contributed by atoms with van der Waals surface area (Å²) in [6, 6.07) is 2.86. The molecule has 40 heavy (non-hydrogen) atoms. The number of hydrogen-bond donors (Lipinski definition) is 1. The summed E-state index contributed by atoms with van der Waals surface area (Å²) in [5, 5.41) is 6.11. The second-order valence-electron chi connectivity index (χ2n) is 10.1. The smallest absolute Gasteiger partial charge is 0.410 e. The van der Waals surface area contributed by atoms with E-state index in [0.717, 1.165) is 21.3 Å². The summed E-state index contributed by atoms with van der Waals surface area (Å²) >= 11 is 3.09. The van der Waals surface area contributed by atoms with Crippen LogP contribution in [-0.4, -0.2) is 88.7 Å². The molecule has 216 valence electrons. The highest BCUT2D eigenvalue weighted by Gasteiger charge is 2.36. The van der Waals surface area contributed by atoms with Gasteiger partial charge in [0.2, 0.25) is 0 Å². The Hall–Kier alpha value is -3.45. The number of ether oxygens (including phenoxy) is 2. The minimum Gasteiger partial charge on any atom is -0.469 e. The second-order valence-corrected chi connectivity index (χ2v) is 12.1. The monoisotopic (exact) mass is 588 g/mol. The molecule has 2 aromatic heterocycles. The number of thioether (sulfide) groups is 1. The van der Waals surface area contributed by atoms with Crippen LogP contribution < -0.4 is 5.32 Å². The molecule has 3 rings (SSSR count). The van der Waals surface area contributed by atoms with Crippen molar-refractivity contribution in [1.29, 1.82) is 0 Å². The summed E-state index contributed by atoms with van der Waals surface area (Å²) in [4.78, 5) is 55.1. The van der Waals surface area contributed by atoms with Gasteiger partial charge in [-0.3, -0.25) is 14.6 Å². The molecule has 1 aliphatic rings. The highest BCUT2D eigenvalue weighted by molar-refractivity contribution is 8.02. The fraction of sp³-hybridized carbons (Fsp3) is 0.481. The summed E-state index contributed by atoms with van der Waals surface area (Å²) in [7, 11) is 1.29. The zero-order valence-corrected chi connectivity index (χ0v) is 25.4. The highest BCUT2D eigenvalue weighted by atomic mass is 32.2. The van der Waals surface area contributed by atoms with Crippen LogP contribution in [0.5, 0.6) is 0 Å². The largest absolute Gasteiger partial charge is 0.469 e. The number of thiazole rings is 1. The summed E-state index contributed by atoms with van der Waals surface area (Å²) < 4.78 is 10.3. The van der Waals surface area contributed by atoms with E-state index in [2.05, 4.69) is 27.0 Å². The van der Waals surface area contributed by atoms with Crippen LogP contribution in [-0.2, 0) is 14.3 Å². The standard InChI is InChI=1S/C27H36N6O5S2/c1-17-24(40-18(2)31-17)21(28-6)15-39-16-30-22-9-8-19(13-29-22)25(35)33-11-10-32(26(36)38-27(3,4)5)14-20(33)12-23(34)37-7/h8-9,13,15,20H,6,10-12,14,16H2,1-5,7H3,(H,29,30)/b21-15-. The zero-order chi connectivity index (χ0) is 29.4. The van der Waals surface area contributed by atoms with Crippen molar-refractivity contribution in [1.82, 2.24) is 19.8 Å². The van der Waals surface area contributed by atoms with Gasteiger partial charge in [-0.05, 0) is 58.9 Å². The number of aryl methyl sites for hydroxylation is 2. The lowest BCUT2D eigenvalue weighted by molar-refractivity contribution is -0.142. The molecule has 2 amide bonds. The van der Waals surface area contributed by atoms with Crippen LogP contribution in [0.1, 0.15) is 53.1 Å². The SMILES string of the molecule is C=N/C(=C\SCNc1ccc(C(=O)N2CCN(C(=O)OC(C)(C)C)CC2CC(=O)OC)cn1)c1sc(C)nc1C. The van der Waals surface area contributed by atoms with Crippen LogP contribution in [0.4, 0.5) is 10.6 Å². The fourth-order valence-corrected chi connectivity index (χ4v) is 5.66. The average molecular weight is 589 g/mol. The van der Waals surface area contributed by atoms with E-state index in [1.54, 1.807) is 49.1 Å². The predicted octanol–water partition coefficient (Wildman–Crippen LogP) is 4.58. The number of nitrogens with zero attached hydrogens (tertiary/aromatic N) is 5. The van der Waals surface area contributed by atoms with Crippen LogP contribution in [0.25, 0.3) is 5.70 Å². The molecule has 13 heteroatoms. The molecule has 0 aliphatic carbocycles. The first-order valence-corrected chi connectivity index (χ1v) is 14.6. The maximum absolute atomic E-state index is 13.4. The first-order chi connectivity index (χ1) is 18.9. The number of methoxy groups -OCH3 is 1. The van der Waals surface area contributed by atoms with Crippen LogP contribution >= 0.6 is 23.1 Å². The van der Waals surface area contributed by atoms with Gasteiger partial charge in [0.25, 0.3) is 5.91 Å². The van der Waals surface area contributed by atoms with E-state index in [4.69, 9.17) is 9.47 Å². The lowest BCUT2D eigenvalue weighted by Crippen LogP contribution is -2.57. The molecule has 0 spiro atoms. The minimum atomic E-state index is -0.650. The zero-order valence-electron chi connectivity index (χ0n) is 23.7. The number of carbonyl (C=O) groups is 3. The van der Waals surface area contributed by atoms with Crippen LogP contribution in [0, 0.1) is 13.8 Å². The van der Waals surface area contributed by atoms with Gasteiger partial charge in [-0.2, -0.15) is 0 Å². The Morgan fingerprint density at radius 3 is 2.60 bits per heavy atom. The van der Waals surface area contributed by atoms with E-state index >= 15 is 0 Å². The van der Waals surface area contributed by atoms with E-state index in [0.29, 0.717) is 17.3 Å². The normalized spacial score (nSPS) is 15.9. The molecule has 1 saturated heterocycles. The number of piperazine rings is 1. The molecule has 11 nitrogen and oxygen atoms in total. The van der Waals surface area contributed by atoms with Gasteiger partial charge in [0.15, 0.2) is 0 Å². The average Bonchev–Trinajstić information content (AvgIpc) is 3.24. The molecule has 1 unspecified atom stereocenters. The van der Waals surface area contributed by atoms with Gasteiger partial charge in [0.05, 0.1) is 52.3 Å². The Morgan fingerprint density at radius 1 is 1.27 bits per heavy atom. The van der Waals surface area contributed by atoms with E-state index in [-0.39, 0.29) is 32.0 Å². The van der Waals surface area contributed by atoms with Crippen molar-refractivity contribution >= 4 is 59.3 Å². The molecular weight excluding hydrogens is 552 g/mol. The maximum atomic E-state index is 13.4. The van der Waals surface area contributed by atoms with Crippen LogP contribution in [0.15, 0.2) is 28.7 Å². The van der Waals surface area contributed by atoms with Crippen molar-refractivity contribution < 1.29 is 23.9 Å². The number of amides is 2. The Bertz CT molecular complexity index is 1260. The van der Waals surface area contributed by atoms with Crippen molar-refractivity contribution in [3.8, 4) is 0 Å². The number of anilines is 1. The van der Waals surface area contributed by atoms with Crippen LogP contribution in [0.2, 0.25) is 0 Å². The Labute approximate surface area is 243 Å². The fourth-order valence-electron chi connectivity index (χ4n) is 4.02. The summed E-state index contributed by atoms with van der Waals surface area (Å²) in [6.07, 6.45) is 0.982. The molecule has 1 fully saturated rings. The third-order valence-corrected chi connectivity index (χ3v) is 7.67. The molecule has 2 aromatic rings. The Morgan fingerprint density at radius 2 is 2.02 bits per heavy atom. The third kappa shape index (κ3) is 8.52. The number of aliphatic imine (C=N–C) groups is 1. The van der Waals surface area contributed by atoms with Gasteiger partial charge in [-0.25, -0.2) is 14.8 Å². The molecule has 1 aliphatic heterocycles. The molecule has 1 atom stereocenters. The quantitative estimate of drug-likeness (QED) is 0.194. The maximum Gasteiger partial charge on any atom is 0.410 e. The molecule has 3 heterocycles. The number of pyridine rings is 1. The molecular formula is C27H36N6O5S2. The van der Waals surface area contributed by atoms with Crippen molar-refractivity contribution in [2.24, 2.45) is 4.99 Å². The van der Waals surface area contributed by atoms with Crippen molar-refractivity contribution in [2.45, 2.75) is 52.7 Å². The topological polar surface area (TPSA) is 126 Å². The number of carbonyl (C=O) groups excluding carboxylic acids is 3. The molecule has 0 radical (unpaired) electrons. The Kier molecular flexibility index (Phi) is 10.7. The number of esters is 1. The van der Waals surface area contributed by atoms with Gasteiger partial charge in [-0.15, -0.1) is 23.1 Å². The predicted molar refractivity (Wildman–Crippen MR) is 159 cm³/mol.